The second-order valence-electron chi connectivity index (χ2n) is 11.2. The normalized spacial score (nSPS) is 13.8. The van der Waals surface area contributed by atoms with Crippen molar-refractivity contribution in [2.45, 2.75) is 42.8 Å². The Kier molecular flexibility index (Phi) is 8.11. The first-order chi connectivity index (χ1) is 23.1. The fraction of sp³-hybridized carbons (Fsp3) is 0.267. The zero-order valence-corrected chi connectivity index (χ0v) is 25.0. The van der Waals surface area contributed by atoms with Gasteiger partial charge in [0.25, 0.3) is 33.4 Å². The molecule has 3 aromatic carbocycles. The maximum Gasteiger partial charge on any atom is 0.430 e. The van der Waals surface area contributed by atoms with Crippen LogP contribution in [-0.4, -0.2) is 44.1 Å². The Morgan fingerprint density at radius 2 is 0.882 bits per heavy atom. The molecular formula is C30H16F12N2O7. The number of aryl methyl sites for hydroxylation is 1. The summed E-state index contributed by atoms with van der Waals surface area (Å²) in [5.41, 5.74) is -23.2. The summed E-state index contributed by atoms with van der Waals surface area (Å²) in [7, 11) is 1.04. The number of halogens is 12. The lowest BCUT2D eigenvalue weighted by Gasteiger charge is -2.34. The molecule has 0 amide bonds. The Morgan fingerprint density at radius 3 is 1.29 bits per heavy atom. The third kappa shape index (κ3) is 5.27. The molecule has 21 heteroatoms. The molecule has 0 aliphatic rings. The van der Waals surface area contributed by atoms with E-state index in [2.05, 4.69) is 0 Å². The number of ether oxygens (including phenoxy) is 1. The van der Waals surface area contributed by atoms with E-state index in [9.17, 15) is 82.1 Å². The maximum absolute atomic E-state index is 14.2. The van der Waals surface area contributed by atoms with Crippen LogP contribution < -0.4 is 27.0 Å². The van der Waals surface area contributed by atoms with Crippen molar-refractivity contribution >= 4 is 21.5 Å². The third-order valence-corrected chi connectivity index (χ3v) is 8.17. The zero-order chi connectivity index (χ0) is 38.6. The Bertz CT molecular complexity index is 2340. The summed E-state index contributed by atoms with van der Waals surface area (Å²) >= 11 is 0. The molecule has 0 unspecified atom stereocenters. The highest BCUT2D eigenvalue weighted by molar-refractivity contribution is 5.98. The van der Waals surface area contributed by atoms with Gasteiger partial charge in [-0.1, -0.05) is 6.07 Å². The van der Waals surface area contributed by atoms with Gasteiger partial charge in [-0.25, -0.2) is 4.57 Å². The van der Waals surface area contributed by atoms with Crippen molar-refractivity contribution in [1.29, 1.82) is 0 Å². The van der Waals surface area contributed by atoms with E-state index < -0.39 is 114 Å². The van der Waals surface area contributed by atoms with Gasteiger partial charge in [0.15, 0.2) is 0 Å². The number of hydrogen-bond acceptors (Lipinski definition) is 7. The molecule has 0 radical (unpaired) electrons. The first-order valence-electron chi connectivity index (χ1n) is 13.6. The van der Waals surface area contributed by atoms with Crippen LogP contribution in [0.2, 0.25) is 0 Å². The van der Waals surface area contributed by atoms with E-state index in [1.807, 2.05) is 0 Å². The van der Waals surface area contributed by atoms with Gasteiger partial charge < -0.3 is 14.9 Å². The molecule has 0 aliphatic heterocycles. The number of alkyl halides is 12. The van der Waals surface area contributed by atoms with Crippen LogP contribution in [0, 0.1) is 6.92 Å². The zero-order valence-electron chi connectivity index (χ0n) is 25.0. The first-order valence-corrected chi connectivity index (χ1v) is 13.6. The number of hydrogen-bond donors (Lipinski definition) is 2. The SMILES string of the molecule is Cc1ccc(Oc2ccc(-n3c(=O)c4cc5c(=O)n(C)c(=O)c5cc4c3=O)c(C(O)(C(F)(F)F)C(F)(F)F)c2)cc1C(O)(C(F)(F)F)C(F)(F)F. The Morgan fingerprint density at radius 1 is 0.529 bits per heavy atom. The van der Waals surface area contributed by atoms with Crippen molar-refractivity contribution < 1.29 is 67.6 Å². The van der Waals surface area contributed by atoms with Gasteiger partial charge in [0.1, 0.15) is 11.5 Å². The van der Waals surface area contributed by atoms with Crippen molar-refractivity contribution in [2.24, 2.45) is 7.05 Å². The molecule has 0 spiro atoms. The number of rotatable bonds is 5. The second kappa shape index (κ2) is 11.2. The summed E-state index contributed by atoms with van der Waals surface area (Å²) in [6, 6.07) is 3.04. The molecule has 51 heavy (non-hydrogen) atoms. The van der Waals surface area contributed by atoms with Crippen molar-refractivity contribution in [3.8, 4) is 17.2 Å². The van der Waals surface area contributed by atoms with Crippen LogP contribution in [0.1, 0.15) is 16.7 Å². The molecule has 9 nitrogen and oxygen atoms in total. The van der Waals surface area contributed by atoms with E-state index in [1.54, 1.807) is 0 Å². The average molecular weight is 744 g/mol. The highest BCUT2D eigenvalue weighted by Crippen LogP contribution is 2.53. The smallest absolute Gasteiger partial charge is 0.430 e. The quantitative estimate of drug-likeness (QED) is 0.238. The molecule has 0 aliphatic carbocycles. The van der Waals surface area contributed by atoms with Crippen LogP contribution in [0.25, 0.3) is 27.2 Å². The van der Waals surface area contributed by atoms with Crippen molar-refractivity contribution in [3.63, 3.8) is 0 Å². The summed E-state index contributed by atoms with van der Waals surface area (Å²) < 4.78 is 172. The molecule has 272 valence electrons. The van der Waals surface area contributed by atoms with Crippen LogP contribution in [0.4, 0.5) is 52.7 Å². The Balaban J connectivity index is 1.79. The number of aliphatic hydroxyl groups is 2. The van der Waals surface area contributed by atoms with Gasteiger partial charge in [0, 0.05) is 18.2 Å². The van der Waals surface area contributed by atoms with Crippen LogP contribution in [0.15, 0.2) is 67.7 Å². The van der Waals surface area contributed by atoms with Crippen LogP contribution in [0.3, 0.4) is 0 Å². The molecule has 2 heterocycles. The lowest BCUT2D eigenvalue weighted by atomic mass is 9.88. The standard InChI is InChI=1S/C30H16F12N2O7/c1-11-3-4-12(7-18(11)25(49,27(31,32)33)28(34,35)36)51-13-5-6-20(19(8-13)26(50,29(37,38)39)30(40,41)42)44-23(47)16-9-14-15(10-17(16)24(44)48)22(46)43(2)21(14)45/h3-10,49-50H,1-2H3. The fourth-order valence-electron chi connectivity index (χ4n) is 5.50. The Labute approximate surface area is 272 Å². The third-order valence-electron chi connectivity index (χ3n) is 8.17. The van der Waals surface area contributed by atoms with Gasteiger partial charge in [-0.3, -0.25) is 23.7 Å². The topological polar surface area (TPSA) is 128 Å². The lowest BCUT2D eigenvalue weighted by Crippen LogP contribution is -2.54. The van der Waals surface area contributed by atoms with Gasteiger partial charge in [-0.15, -0.1) is 0 Å². The number of aromatic nitrogens is 2. The molecule has 0 bridgehead atoms. The van der Waals surface area contributed by atoms with E-state index in [-0.39, 0.29) is 22.8 Å². The molecule has 5 rings (SSSR count). The highest BCUT2D eigenvalue weighted by atomic mass is 19.4. The lowest BCUT2D eigenvalue weighted by molar-refractivity contribution is -0.376. The molecule has 2 N–H and O–H groups in total. The molecule has 0 fully saturated rings. The van der Waals surface area contributed by atoms with Crippen molar-refractivity contribution in [3.05, 3.63) is 107 Å². The predicted molar refractivity (Wildman–Crippen MR) is 150 cm³/mol. The summed E-state index contributed by atoms with van der Waals surface area (Å²) in [6.07, 6.45) is -26.2. The van der Waals surface area contributed by atoms with Gasteiger partial charge in [0.2, 0.25) is 0 Å². The number of fused-ring (bicyclic) bond motifs is 2. The minimum atomic E-state index is -6.69. The fourth-order valence-corrected chi connectivity index (χ4v) is 5.50. The van der Waals surface area contributed by atoms with E-state index >= 15 is 0 Å². The Hall–Kier alpha value is -5.18. The van der Waals surface area contributed by atoms with Crippen LogP contribution in [0.5, 0.6) is 11.5 Å². The van der Waals surface area contributed by atoms with Gasteiger partial charge in [-0.2, -0.15) is 52.7 Å². The monoisotopic (exact) mass is 744 g/mol. The maximum atomic E-state index is 14.2. The summed E-state index contributed by atoms with van der Waals surface area (Å²) in [4.78, 5) is 51.6. The van der Waals surface area contributed by atoms with Crippen LogP contribution in [-0.2, 0) is 18.2 Å². The largest absolute Gasteiger partial charge is 0.457 e. The highest BCUT2D eigenvalue weighted by Gasteiger charge is 2.73. The van der Waals surface area contributed by atoms with Gasteiger partial charge >= 0.3 is 24.7 Å². The molecule has 0 saturated heterocycles. The van der Waals surface area contributed by atoms with E-state index in [1.165, 1.54) is 0 Å². The summed E-state index contributed by atoms with van der Waals surface area (Å²) in [5.74, 6) is -2.31. The number of benzene rings is 3. The summed E-state index contributed by atoms with van der Waals surface area (Å²) in [5, 5.41) is 17.8. The minimum Gasteiger partial charge on any atom is -0.457 e. The van der Waals surface area contributed by atoms with Gasteiger partial charge in [0.05, 0.1) is 27.2 Å². The predicted octanol–water partition coefficient (Wildman–Crippen LogP) is 5.16. The van der Waals surface area contributed by atoms with Crippen molar-refractivity contribution in [2.75, 3.05) is 0 Å². The summed E-state index contributed by atoms with van der Waals surface area (Å²) in [6.45, 7) is 0.710. The number of nitrogens with zero attached hydrogens (tertiary/aromatic N) is 2. The minimum absolute atomic E-state index is 0.0347. The van der Waals surface area contributed by atoms with E-state index in [4.69, 9.17) is 4.74 Å². The van der Waals surface area contributed by atoms with Crippen molar-refractivity contribution in [1.82, 2.24) is 9.13 Å². The second-order valence-corrected chi connectivity index (χ2v) is 11.2. The van der Waals surface area contributed by atoms with E-state index in [0.717, 1.165) is 7.05 Å². The molecule has 0 saturated carbocycles. The molecule has 2 aromatic heterocycles. The van der Waals surface area contributed by atoms with Crippen LogP contribution >= 0.6 is 0 Å². The van der Waals surface area contributed by atoms with E-state index in [0.29, 0.717) is 41.8 Å². The van der Waals surface area contributed by atoms with Gasteiger partial charge in [-0.05, 0) is 55.0 Å². The first kappa shape index (κ1) is 37.1. The molecule has 0 atom stereocenters. The molecule has 5 aromatic rings. The average Bonchev–Trinajstić information content (AvgIpc) is 3.37. The molecular weight excluding hydrogens is 728 g/mol.